The number of amides is 1. The van der Waals surface area contributed by atoms with E-state index in [1.54, 1.807) is 26.4 Å². The predicted octanol–water partition coefficient (Wildman–Crippen LogP) is 4.16. The molecule has 3 rings (SSSR count). The Morgan fingerprint density at radius 1 is 1.23 bits per heavy atom. The highest BCUT2D eigenvalue weighted by molar-refractivity contribution is 7.80. The van der Waals surface area contributed by atoms with E-state index in [1.807, 2.05) is 12.1 Å². The number of carbonyl (C=O) groups excluding carboxylic acids is 1. The lowest BCUT2D eigenvalue weighted by atomic mass is 10.1. The number of halogens is 2. The molecule has 1 aliphatic rings. The van der Waals surface area contributed by atoms with Gasteiger partial charge in [0, 0.05) is 31.9 Å². The summed E-state index contributed by atoms with van der Waals surface area (Å²) in [5.74, 6) is 0.360. The smallest absolute Gasteiger partial charge is 0.276 e. The molecule has 0 aliphatic carbocycles. The van der Waals surface area contributed by atoms with Gasteiger partial charge in [-0.2, -0.15) is 0 Å². The van der Waals surface area contributed by atoms with Gasteiger partial charge in [0.1, 0.15) is 29.6 Å². The number of nitrogens with one attached hydrogen (secondary N) is 1. The number of thiocarbonyl (C=S) groups is 1. The van der Waals surface area contributed by atoms with Crippen LogP contribution in [-0.4, -0.2) is 43.3 Å². The van der Waals surface area contributed by atoms with E-state index < -0.39 is 5.82 Å². The number of hydrogen-bond donors (Lipinski definition) is 1. The van der Waals surface area contributed by atoms with Gasteiger partial charge in [-0.1, -0.05) is 17.7 Å². The summed E-state index contributed by atoms with van der Waals surface area (Å²) in [7, 11) is 3.17. The van der Waals surface area contributed by atoms with Gasteiger partial charge in [-0.05, 0) is 54.5 Å². The van der Waals surface area contributed by atoms with Gasteiger partial charge < -0.3 is 19.5 Å². The van der Waals surface area contributed by atoms with Crippen molar-refractivity contribution < 1.29 is 23.4 Å². The summed E-state index contributed by atoms with van der Waals surface area (Å²) in [5, 5.41) is 3.32. The molecule has 6 nitrogen and oxygen atoms in total. The molecule has 9 heteroatoms. The van der Waals surface area contributed by atoms with Crippen LogP contribution in [0, 0.1) is 5.82 Å². The molecule has 2 aromatic rings. The van der Waals surface area contributed by atoms with E-state index in [9.17, 15) is 9.18 Å². The molecule has 1 N–H and O–H groups in total. The van der Waals surface area contributed by atoms with Gasteiger partial charge in [0.15, 0.2) is 5.11 Å². The van der Waals surface area contributed by atoms with Crippen molar-refractivity contribution >= 4 is 40.9 Å². The van der Waals surface area contributed by atoms with Crippen LogP contribution in [0.1, 0.15) is 17.5 Å². The molecule has 1 aliphatic heterocycles. The molecule has 0 saturated carbocycles. The van der Waals surface area contributed by atoms with Crippen LogP contribution in [0.15, 0.2) is 42.1 Å². The van der Waals surface area contributed by atoms with E-state index in [0.29, 0.717) is 41.9 Å². The van der Waals surface area contributed by atoms with Crippen LogP contribution in [0.25, 0.3) is 6.08 Å². The van der Waals surface area contributed by atoms with Crippen molar-refractivity contribution in [3.8, 4) is 11.5 Å². The lowest BCUT2D eigenvalue weighted by Gasteiger charge is -2.13. The molecule has 0 atom stereocenters. The first-order valence-corrected chi connectivity index (χ1v) is 10.3. The van der Waals surface area contributed by atoms with E-state index >= 15 is 0 Å². The first kappa shape index (κ1) is 23.0. The van der Waals surface area contributed by atoms with Gasteiger partial charge in [0.25, 0.3) is 5.91 Å². The van der Waals surface area contributed by atoms with Crippen LogP contribution in [0.2, 0.25) is 5.02 Å². The van der Waals surface area contributed by atoms with Crippen LogP contribution in [0.5, 0.6) is 11.5 Å². The van der Waals surface area contributed by atoms with E-state index in [1.165, 1.54) is 23.1 Å². The summed E-state index contributed by atoms with van der Waals surface area (Å²) < 4.78 is 29.5. The van der Waals surface area contributed by atoms with E-state index in [0.717, 1.165) is 11.1 Å². The Kier molecular flexibility index (Phi) is 7.84. The largest absolute Gasteiger partial charge is 0.496 e. The van der Waals surface area contributed by atoms with Gasteiger partial charge in [-0.25, -0.2) is 4.39 Å². The molecule has 0 aromatic heterocycles. The van der Waals surface area contributed by atoms with Gasteiger partial charge in [0.05, 0.1) is 12.1 Å². The minimum atomic E-state index is -0.511. The Hall–Kier alpha value is -2.68. The lowest BCUT2D eigenvalue weighted by Crippen LogP contribution is -2.32. The topological polar surface area (TPSA) is 60.0 Å². The number of benzene rings is 2. The third-order valence-electron chi connectivity index (χ3n) is 4.59. The quantitative estimate of drug-likeness (QED) is 0.341. The summed E-state index contributed by atoms with van der Waals surface area (Å²) in [6.07, 6.45) is 2.41. The number of carbonyl (C=O) groups is 1. The molecule has 0 bridgehead atoms. The van der Waals surface area contributed by atoms with Crippen molar-refractivity contribution in [2.24, 2.45) is 0 Å². The summed E-state index contributed by atoms with van der Waals surface area (Å²) in [4.78, 5) is 14.2. The number of hydrogen-bond acceptors (Lipinski definition) is 5. The zero-order valence-corrected chi connectivity index (χ0v) is 18.7. The van der Waals surface area contributed by atoms with E-state index in [-0.39, 0.29) is 17.5 Å². The van der Waals surface area contributed by atoms with Gasteiger partial charge in [0.2, 0.25) is 0 Å². The second kappa shape index (κ2) is 10.6. The zero-order chi connectivity index (χ0) is 22.4. The Morgan fingerprint density at radius 2 is 2.03 bits per heavy atom. The van der Waals surface area contributed by atoms with Crippen LogP contribution >= 0.6 is 23.8 Å². The van der Waals surface area contributed by atoms with Crippen LogP contribution in [0.4, 0.5) is 4.39 Å². The average Bonchev–Trinajstić information content (AvgIpc) is 3.02. The van der Waals surface area contributed by atoms with Crippen LogP contribution in [-0.2, 0) is 16.1 Å². The third-order valence-corrected chi connectivity index (χ3v) is 5.21. The van der Waals surface area contributed by atoms with Crippen molar-refractivity contribution in [1.29, 1.82) is 0 Å². The third kappa shape index (κ3) is 5.72. The van der Waals surface area contributed by atoms with Crippen molar-refractivity contribution in [2.75, 3.05) is 27.4 Å². The Balaban J connectivity index is 1.76. The fraction of sp³-hybridized carbons (Fsp3) is 0.273. The average molecular weight is 465 g/mol. The Morgan fingerprint density at radius 3 is 2.74 bits per heavy atom. The number of rotatable bonds is 9. The fourth-order valence-corrected chi connectivity index (χ4v) is 3.49. The molecule has 0 radical (unpaired) electrons. The van der Waals surface area contributed by atoms with Crippen molar-refractivity contribution in [2.45, 2.75) is 13.0 Å². The fourth-order valence-electron chi connectivity index (χ4n) is 3.04. The zero-order valence-electron chi connectivity index (χ0n) is 17.1. The highest BCUT2D eigenvalue weighted by Crippen LogP contribution is 2.26. The number of nitrogens with zero attached hydrogens (tertiary/aromatic N) is 1. The predicted molar refractivity (Wildman–Crippen MR) is 121 cm³/mol. The highest BCUT2D eigenvalue weighted by atomic mass is 35.5. The minimum Gasteiger partial charge on any atom is -0.496 e. The van der Waals surface area contributed by atoms with Gasteiger partial charge in [-0.15, -0.1) is 0 Å². The summed E-state index contributed by atoms with van der Waals surface area (Å²) in [6.45, 7) is 1.20. The molecular formula is C22H22ClFN2O4S. The maximum absolute atomic E-state index is 13.3. The van der Waals surface area contributed by atoms with Gasteiger partial charge >= 0.3 is 0 Å². The molecule has 2 aromatic carbocycles. The monoisotopic (exact) mass is 464 g/mol. The maximum Gasteiger partial charge on any atom is 0.276 e. The van der Waals surface area contributed by atoms with Crippen molar-refractivity contribution in [1.82, 2.24) is 10.2 Å². The first-order chi connectivity index (χ1) is 14.9. The molecule has 31 heavy (non-hydrogen) atoms. The van der Waals surface area contributed by atoms with Crippen LogP contribution in [0.3, 0.4) is 0 Å². The summed E-state index contributed by atoms with van der Waals surface area (Å²) in [6, 6.07) is 9.62. The second-order valence-corrected chi connectivity index (χ2v) is 7.52. The second-order valence-electron chi connectivity index (χ2n) is 6.73. The molecular weight excluding hydrogens is 443 g/mol. The summed E-state index contributed by atoms with van der Waals surface area (Å²) >= 11 is 11.1. The molecule has 1 fully saturated rings. The van der Waals surface area contributed by atoms with Crippen molar-refractivity contribution in [3.05, 3.63) is 64.1 Å². The minimum absolute atomic E-state index is 0.0141. The SMILES string of the molecule is COCCCN1C(=O)/C(=C\c2ccc(OC)c(COc3ccc(F)c(Cl)c3)c2)NC1=S. The number of methoxy groups -OCH3 is 2. The van der Waals surface area contributed by atoms with E-state index in [2.05, 4.69) is 5.32 Å². The lowest BCUT2D eigenvalue weighted by molar-refractivity contribution is -0.122. The normalized spacial score (nSPS) is 14.8. The molecule has 0 unspecified atom stereocenters. The highest BCUT2D eigenvalue weighted by Gasteiger charge is 2.30. The van der Waals surface area contributed by atoms with Gasteiger partial charge in [-0.3, -0.25) is 9.69 Å². The standard InChI is InChI=1S/C22H22ClFN2O4S/c1-28-9-3-8-26-21(27)19(25-22(26)31)11-14-4-7-20(29-2)15(10-14)13-30-16-5-6-18(24)17(23)12-16/h4-7,10-12H,3,8-9,13H2,1-2H3,(H,25,31)/b19-11+. The summed E-state index contributed by atoms with van der Waals surface area (Å²) in [5.41, 5.74) is 1.92. The van der Waals surface area contributed by atoms with Crippen molar-refractivity contribution in [3.63, 3.8) is 0 Å². The van der Waals surface area contributed by atoms with E-state index in [4.69, 9.17) is 38.0 Å². The molecule has 1 amide bonds. The Bertz CT molecular complexity index is 1020. The molecule has 164 valence electrons. The van der Waals surface area contributed by atoms with Crippen LogP contribution < -0.4 is 14.8 Å². The molecule has 1 heterocycles. The Labute approximate surface area is 190 Å². The first-order valence-electron chi connectivity index (χ1n) is 9.51. The number of ether oxygens (including phenoxy) is 3. The molecule has 0 spiro atoms. The molecule has 1 saturated heterocycles. The maximum atomic E-state index is 13.3.